The number of rotatable bonds is 6. The van der Waals surface area contributed by atoms with Crippen LogP contribution in [0.25, 0.3) is 0 Å². The highest BCUT2D eigenvalue weighted by atomic mass is 15.0. The van der Waals surface area contributed by atoms with Crippen molar-refractivity contribution in [2.24, 2.45) is 5.92 Å². The van der Waals surface area contributed by atoms with E-state index in [1.165, 1.54) is 51.4 Å². The highest BCUT2D eigenvalue weighted by Gasteiger charge is 2.24. The maximum atomic E-state index is 3.85. The second-order valence-electron chi connectivity index (χ2n) is 5.42. The fourth-order valence-electron chi connectivity index (χ4n) is 2.84. The summed E-state index contributed by atoms with van der Waals surface area (Å²) in [4.78, 5) is 0. The molecule has 0 aromatic rings. The number of hydrogen-bond acceptors (Lipinski definition) is 1. The molecule has 1 N–H and O–H groups in total. The van der Waals surface area contributed by atoms with Crippen molar-refractivity contribution >= 4 is 0 Å². The molecule has 0 aliphatic carbocycles. The summed E-state index contributed by atoms with van der Waals surface area (Å²) in [7, 11) is 0. The van der Waals surface area contributed by atoms with Gasteiger partial charge in [-0.25, -0.2) is 0 Å². The average Bonchev–Trinajstić information content (AvgIpc) is 2.23. The maximum Gasteiger partial charge on any atom is 0.00722 e. The molecule has 1 nitrogen and oxygen atoms in total. The molecule has 1 heterocycles. The Morgan fingerprint density at radius 2 is 1.40 bits per heavy atom. The molecule has 0 saturated carbocycles. The van der Waals surface area contributed by atoms with E-state index >= 15 is 0 Å². The monoisotopic (exact) mass is 211 g/mol. The predicted molar refractivity (Wildman–Crippen MR) is 68.2 cm³/mol. The molecule has 15 heavy (non-hydrogen) atoms. The second kappa shape index (κ2) is 7.27. The second-order valence-corrected chi connectivity index (χ2v) is 5.42. The summed E-state index contributed by atoms with van der Waals surface area (Å²) in [6.07, 6.45) is 11.1. The molecule has 90 valence electrons. The lowest BCUT2D eigenvalue weighted by Crippen LogP contribution is -2.44. The van der Waals surface area contributed by atoms with Gasteiger partial charge in [-0.3, -0.25) is 0 Å². The minimum atomic E-state index is 0.815. The van der Waals surface area contributed by atoms with E-state index < -0.39 is 0 Å². The van der Waals surface area contributed by atoms with Gasteiger partial charge < -0.3 is 5.32 Å². The summed E-state index contributed by atoms with van der Waals surface area (Å²) in [6.45, 7) is 7.01. The fraction of sp³-hybridized carbons (Fsp3) is 1.00. The van der Waals surface area contributed by atoms with E-state index in [4.69, 9.17) is 0 Å². The molecule has 1 saturated heterocycles. The van der Waals surface area contributed by atoms with Gasteiger partial charge in [0.1, 0.15) is 0 Å². The standard InChI is InChI=1S/C14H29N/c1-4-6-8-13-10-12(3)11-14(15-13)9-7-5-2/h12-15H,4-11H2,1-3H3. The quantitative estimate of drug-likeness (QED) is 0.697. The smallest absolute Gasteiger partial charge is 0.00722 e. The molecule has 0 bridgehead atoms. The van der Waals surface area contributed by atoms with Gasteiger partial charge in [0, 0.05) is 12.1 Å². The SMILES string of the molecule is CCCCC1CC(C)CC(CCCC)N1. The molecular weight excluding hydrogens is 182 g/mol. The van der Waals surface area contributed by atoms with Crippen LogP contribution in [0.15, 0.2) is 0 Å². The van der Waals surface area contributed by atoms with Crippen LogP contribution >= 0.6 is 0 Å². The van der Waals surface area contributed by atoms with Gasteiger partial charge in [-0.2, -0.15) is 0 Å². The predicted octanol–water partition coefficient (Wildman–Crippen LogP) is 4.12. The molecule has 2 atom stereocenters. The number of hydrogen-bond donors (Lipinski definition) is 1. The first-order valence-corrected chi connectivity index (χ1v) is 7.02. The van der Waals surface area contributed by atoms with E-state index in [1.807, 2.05) is 0 Å². The number of nitrogens with one attached hydrogen (secondary N) is 1. The third-order valence-electron chi connectivity index (χ3n) is 3.66. The highest BCUT2D eigenvalue weighted by molar-refractivity contribution is 4.83. The lowest BCUT2D eigenvalue weighted by atomic mass is 9.85. The van der Waals surface area contributed by atoms with Gasteiger partial charge in [-0.05, 0) is 31.6 Å². The minimum absolute atomic E-state index is 0.815. The first-order valence-electron chi connectivity index (χ1n) is 7.02. The van der Waals surface area contributed by atoms with Gasteiger partial charge in [0.05, 0.1) is 0 Å². The third-order valence-corrected chi connectivity index (χ3v) is 3.66. The Hall–Kier alpha value is -0.0400. The van der Waals surface area contributed by atoms with Gasteiger partial charge >= 0.3 is 0 Å². The largest absolute Gasteiger partial charge is 0.311 e. The van der Waals surface area contributed by atoms with Crippen molar-refractivity contribution in [3.05, 3.63) is 0 Å². The molecule has 0 amide bonds. The van der Waals surface area contributed by atoms with Gasteiger partial charge in [0.15, 0.2) is 0 Å². The first kappa shape index (κ1) is 13.0. The Morgan fingerprint density at radius 1 is 0.933 bits per heavy atom. The Morgan fingerprint density at radius 3 is 1.80 bits per heavy atom. The van der Waals surface area contributed by atoms with Crippen molar-refractivity contribution in [3.8, 4) is 0 Å². The van der Waals surface area contributed by atoms with Crippen molar-refractivity contribution in [2.75, 3.05) is 0 Å². The zero-order valence-corrected chi connectivity index (χ0v) is 10.9. The molecule has 0 spiro atoms. The normalized spacial score (nSPS) is 31.8. The Balaban J connectivity index is 2.27. The molecule has 1 aliphatic rings. The third kappa shape index (κ3) is 5.01. The molecule has 0 aromatic heterocycles. The van der Waals surface area contributed by atoms with E-state index in [-0.39, 0.29) is 0 Å². The maximum absolute atomic E-state index is 3.85. The van der Waals surface area contributed by atoms with Crippen LogP contribution < -0.4 is 5.32 Å². The van der Waals surface area contributed by atoms with Gasteiger partial charge in [-0.1, -0.05) is 46.5 Å². The molecule has 2 unspecified atom stereocenters. The zero-order valence-electron chi connectivity index (χ0n) is 10.9. The summed E-state index contributed by atoms with van der Waals surface area (Å²) in [5.41, 5.74) is 0. The molecule has 1 aliphatic heterocycles. The first-order chi connectivity index (χ1) is 7.26. The van der Waals surface area contributed by atoms with Crippen LogP contribution in [-0.4, -0.2) is 12.1 Å². The lowest BCUT2D eigenvalue weighted by molar-refractivity contribution is 0.232. The Bertz CT molecular complexity index is 139. The topological polar surface area (TPSA) is 12.0 Å². The molecule has 1 heteroatoms. The minimum Gasteiger partial charge on any atom is -0.311 e. The van der Waals surface area contributed by atoms with Crippen LogP contribution in [0, 0.1) is 5.92 Å². The van der Waals surface area contributed by atoms with Crippen molar-refractivity contribution in [1.82, 2.24) is 5.32 Å². The van der Waals surface area contributed by atoms with E-state index in [9.17, 15) is 0 Å². The summed E-state index contributed by atoms with van der Waals surface area (Å²) >= 11 is 0. The number of unbranched alkanes of at least 4 members (excludes halogenated alkanes) is 2. The van der Waals surface area contributed by atoms with Crippen molar-refractivity contribution in [3.63, 3.8) is 0 Å². The van der Waals surface area contributed by atoms with E-state index in [0.717, 1.165) is 18.0 Å². The van der Waals surface area contributed by atoms with E-state index in [0.29, 0.717) is 0 Å². The zero-order chi connectivity index (χ0) is 11.1. The summed E-state index contributed by atoms with van der Waals surface area (Å²) < 4.78 is 0. The molecular formula is C14H29N. The van der Waals surface area contributed by atoms with Crippen LogP contribution in [0.1, 0.15) is 72.1 Å². The van der Waals surface area contributed by atoms with Gasteiger partial charge in [0.25, 0.3) is 0 Å². The van der Waals surface area contributed by atoms with Crippen LogP contribution in [0.5, 0.6) is 0 Å². The van der Waals surface area contributed by atoms with Crippen molar-refractivity contribution in [2.45, 2.75) is 84.2 Å². The van der Waals surface area contributed by atoms with Crippen LogP contribution in [0.4, 0.5) is 0 Å². The van der Waals surface area contributed by atoms with Crippen LogP contribution in [-0.2, 0) is 0 Å². The molecule has 1 fully saturated rings. The lowest BCUT2D eigenvalue weighted by Gasteiger charge is -2.35. The summed E-state index contributed by atoms with van der Waals surface area (Å²) in [6, 6.07) is 1.63. The molecule has 0 aromatic carbocycles. The van der Waals surface area contributed by atoms with Crippen LogP contribution in [0.2, 0.25) is 0 Å². The molecule has 1 rings (SSSR count). The Kier molecular flexibility index (Phi) is 6.31. The van der Waals surface area contributed by atoms with Crippen molar-refractivity contribution < 1.29 is 0 Å². The molecule has 0 radical (unpaired) electrons. The van der Waals surface area contributed by atoms with Gasteiger partial charge in [-0.15, -0.1) is 0 Å². The average molecular weight is 211 g/mol. The summed E-state index contributed by atoms with van der Waals surface area (Å²) in [5.74, 6) is 0.940. The van der Waals surface area contributed by atoms with E-state index in [2.05, 4.69) is 26.1 Å². The van der Waals surface area contributed by atoms with E-state index in [1.54, 1.807) is 0 Å². The number of piperidine rings is 1. The van der Waals surface area contributed by atoms with Gasteiger partial charge in [0.2, 0.25) is 0 Å². The van der Waals surface area contributed by atoms with Crippen LogP contribution in [0.3, 0.4) is 0 Å². The summed E-state index contributed by atoms with van der Waals surface area (Å²) in [5, 5.41) is 3.85. The fourth-order valence-corrected chi connectivity index (χ4v) is 2.84. The van der Waals surface area contributed by atoms with Crippen molar-refractivity contribution in [1.29, 1.82) is 0 Å². The Labute approximate surface area is 96.0 Å². The highest BCUT2D eigenvalue weighted by Crippen LogP contribution is 2.24.